The van der Waals surface area contributed by atoms with Gasteiger partial charge < -0.3 is 25.4 Å². The number of benzene rings is 4. The smallest absolute Gasteiger partial charge is 0.422 e. The van der Waals surface area contributed by atoms with Crippen LogP contribution in [0.3, 0.4) is 0 Å². The van der Waals surface area contributed by atoms with Gasteiger partial charge in [-0.15, -0.1) is 11.8 Å². The number of ether oxygens (including phenoxy) is 2. The molecule has 0 heterocycles. The van der Waals surface area contributed by atoms with E-state index in [0.29, 0.717) is 22.0 Å². The molecule has 0 aromatic heterocycles. The van der Waals surface area contributed by atoms with Crippen molar-refractivity contribution in [1.82, 2.24) is 5.32 Å². The minimum absolute atomic E-state index is 0.162. The summed E-state index contributed by atoms with van der Waals surface area (Å²) in [5, 5.41) is 5.66. The van der Waals surface area contributed by atoms with Crippen LogP contribution >= 0.6 is 11.8 Å². The fourth-order valence-corrected chi connectivity index (χ4v) is 5.28. The van der Waals surface area contributed by atoms with Gasteiger partial charge in [-0.3, -0.25) is 14.4 Å². The highest BCUT2D eigenvalue weighted by atomic mass is 32.2. The second kappa shape index (κ2) is 15.8. The standard InChI is InChI=1S/C34H26F7N3O5S/c1-17(31(45)44-29-27(37)25(35)24(34(39,40)41)26(36)28(29)38)50-21-14-12-20(13-15-21)42-33(47)22(43-32(46)18-8-5-4-6-9-18)16-19-10-7-11-23(48-2)30(19)49-3/h4-17H,1-3H3,(H,42,47)(H,43,46)(H,44,45)/b22-16-. The molecule has 0 bridgehead atoms. The van der Waals surface area contributed by atoms with E-state index in [0.717, 1.165) is 11.8 Å². The molecule has 16 heteroatoms. The molecule has 1 unspecified atom stereocenters. The molecule has 4 aromatic carbocycles. The maximum atomic E-state index is 14.3. The number of carbonyl (C=O) groups excluding carboxylic acids is 3. The number of nitrogens with one attached hydrogen (secondary N) is 3. The minimum Gasteiger partial charge on any atom is -0.493 e. The molecule has 0 radical (unpaired) electrons. The molecule has 3 N–H and O–H groups in total. The summed E-state index contributed by atoms with van der Waals surface area (Å²) in [5.41, 5.74) is -3.70. The molecule has 0 aliphatic carbocycles. The number of amides is 3. The summed E-state index contributed by atoms with van der Waals surface area (Å²) in [5.74, 6) is -12.1. The number of thioether (sulfide) groups is 1. The van der Waals surface area contributed by atoms with Gasteiger partial charge in [-0.25, -0.2) is 17.6 Å². The first-order valence-corrected chi connectivity index (χ1v) is 15.1. The molecule has 50 heavy (non-hydrogen) atoms. The van der Waals surface area contributed by atoms with Gasteiger partial charge in [0.2, 0.25) is 5.91 Å². The number of anilines is 2. The van der Waals surface area contributed by atoms with Gasteiger partial charge in [0.15, 0.2) is 34.8 Å². The van der Waals surface area contributed by atoms with E-state index in [-0.39, 0.29) is 16.9 Å². The van der Waals surface area contributed by atoms with Crippen molar-refractivity contribution in [3.63, 3.8) is 0 Å². The normalized spacial score (nSPS) is 12.2. The molecule has 0 spiro atoms. The van der Waals surface area contributed by atoms with Gasteiger partial charge in [-0.1, -0.05) is 30.3 Å². The molecule has 1 atom stereocenters. The van der Waals surface area contributed by atoms with E-state index < -0.39 is 63.7 Å². The zero-order valence-corrected chi connectivity index (χ0v) is 27.0. The first kappa shape index (κ1) is 37.3. The highest BCUT2D eigenvalue weighted by Crippen LogP contribution is 2.39. The Morgan fingerprint density at radius 1 is 0.780 bits per heavy atom. The van der Waals surface area contributed by atoms with Crippen LogP contribution in [0, 0.1) is 23.3 Å². The Morgan fingerprint density at radius 2 is 1.40 bits per heavy atom. The number of carbonyl (C=O) groups is 3. The monoisotopic (exact) mass is 721 g/mol. The largest absolute Gasteiger partial charge is 0.493 e. The Morgan fingerprint density at radius 3 is 1.96 bits per heavy atom. The topological polar surface area (TPSA) is 106 Å². The lowest BCUT2D eigenvalue weighted by Gasteiger charge is -2.16. The van der Waals surface area contributed by atoms with Crippen molar-refractivity contribution >= 4 is 46.9 Å². The molecule has 0 saturated carbocycles. The Balaban J connectivity index is 1.50. The highest BCUT2D eigenvalue weighted by molar-refractivity contribution is 8.00. The summed E-state index contributed by atoms with van der Waals surface area (Å²) in [6.07, 6.45) is -4.34. The Hall–Kier alpha value is -5.51. The number of hydrogen-bond acceptors (Lipinski definition) is 6. The van der Waals surface area contributed by atoms with Crippen LogP contribution in [0.15, 0.2) is 83.4 Å². The van der Waals surface area contributed by atoms with Crippen molar-refractivity contribution in [1.29, 1.82) is 0 Å². The summed E-state index contributed by atoms with van der Waals surface area (Å²) >= 11 is 0.816. The zero-order chi connectivity index (χ0) is 36.7. The third-order valence-electron chi connectivity index (χ3n) is 6.85. The maximum absolute atomic E-state index is 14.3. The first-order chi connectivity index (χ1) is 23.7. The van der Waals surface area contributed by atoms with Crippen molar-refractivity contribution in [2.45, 2.75) is 23.2 Å². The average Bonchev–Trinajstić information content (AvgIpc) is 3.09. The molecule has 0 aliphatic rings. The van der Waals surface area contributed by atoms with E-state index >= 15 is 0 Å². The molecule has 0 saturated heterocycles. The second-order valence-electron chi connectivity index (χ2n) is 10.2. The van der Waals surface area contributed by atoms with Crippen molar-refractivity contribution in [3.8, 4) is 11.5 Å². The number of para-hydroxylation sites is 1. The number of alkyl halides is 3. The first-order valence-electron chi connectivity index (χ1n) is 14.3. The zero-order valence-electron chi connectivity index (χ0n) is 26.2. The maximum Gasteiger partial charge on any atom is 0.422 e. The lowest BCUT2D eigenvalue weighted by atomic mass is 10.1. The average molecular weight is 722 g/mol. The van der Waals surface area contributed by atoms with Crippen LogP contribution in [-0.2, 0) is 15.8 Å². The summed E-state index contributed by atoms with van der Waals surface area (Å²) in [6.45, 7) is 1.27. The van der Waals surface area contributed by atoms with E-state index in [1.807, 2.05) is 0 Å². The van der Waals surface area contributed by atoms with E-state index in [1.165, 1.54) is 51.5 Å². The Kier molecular flexibility index (Phi) is 11.8. The summed E-state index contributed by atoms with van der Waals surface area (Å²) in [4.78, 5) is 39.4. The molecule has 4 rings (SSSR count). The predicted octanol–water partition coefficient (Wildman–Crippen LogP) is 7.81. The van der Waals surface area contributed by atoms with Crippen LogP contribution in [0.2, 0.25) is 0 Å². The van der Waals surface area contributed by atoms with E-state index in [2.05, 4.69) is 10.6 Å². The molecule has 3 amide bonds. The summed E-state index contributed by atoms with van der Waals surface area (Å²) in [7, 11) is 2.85. The number of halogens is 7. The van der Waals surface area contributed by atoms with Crippen LogP contribution < -0.4 is 25.4 Å². The van der Waals surface area contributed by atoms with Crippen LogP contribution in [0.5, 0.6) is 11.5 Å². The van der Waals surface area contributed by atoms with Crippen LogP contribution in [-0.4, -0.2) is 37.2 Å². The molecule has 4 aromatic rings. The molecular formula is C34H26F7N3O5S. The van der Waals surface area contributed by atoms with Crippen LogP contribution in [0.4, 0.5) is 42.1 Å². The molecular weight excluding hydrogens is 695 g/mol. The van der Waals surface area contributed by atoms with Gasteiger partial charge in [-0.05, 0) is 55.5 Å². The molecule has 0 fully saturated rings. The van der Waals surface area contributed by atoms with Crippen molar-refractivity contribution in [2.75, 3.05) is 24.9 Å². The van der Waals surface area contributed by atoms with E-state index in [4.69, 9.17) is 9.47 Å². The minimum atomic E-state index is -5.73. The van der Waals surface area contributed by atoms with Crippen molar-refractivity contribution in [2.24, 2.45) is 0 Å². The Bertz CT molecular complexity index is 1910. The lowest BCUT2D eigenvalue weighted by Crippen LogP contribution is -2.30. The number of rotatable bonds is 11. The van der Waals surface area contributed by atoms with E-state index in [9.17, 15) is 45.1 Å². The van der Waals surface area contributed by atoms with Gasteiger partial charge in [0.05, 0.1) is 19.5 Å². The quantitative estimate of drug-likeness (QED) is 0.0632. The predicted molar refractivity (Wildman–Crippen MR) is 172 cm³/mol. The Labute approximate surface area is 284 Å². The van der Waals surface area contributed by atoms with Gasteiger partial charge >= 0.3 is 6.18 Å². The molecule has 0 aliphatic heterocycles. The van der Waals surface area contributed by atoms with Crippen molar-refractivity contribution < 1.29 is 54.6 Å². The van der Waals surface area contributed by atoms with Crippen LogP contribution in [0.25, 0.3) is 6.08 Å². The van der Waals surface area contributed by atoms with Gasteiger partial charge in [-0.2, -0.15) is 13.2 Å². The molecule has 262 valence electrons. The van der Waals surface area contributed by atoms with Gasteiger partial charge in [0, 0.05) is 21.7 Å². The van der Waals surface area contributed by atoms with Gasteiger partial charge in [0.25, 0.3) is 11.8 Å². The van der Waals surface area contributed by atoms with Crippen LogP contribution in [0.1, 0.15) is 28.4 Å². The highest BCUT2D eigenvalue weighted by Gasteiger charge is 2.42. The third kappa shape index (κ3) is 8.55. The fourth-order valence-electron chi connectivity index (χ4n) is 4.41. The number of hydrogen-bond donors (Lipinski definition) is 3. The lowest BCUT2D eigenvalue weighted by molar-refractivity contribution is -0.143. The summed E-state index contributed by atoms with van der Waals surface area (Å²) < 4.78 is 106. The van der Waals surface area contributed by atoms with Gasteiger partial charge in [0.1, 0.15) is 16.9 Å². The van der Waals surface area contributed by atoms with E-state index in [1.54, 1.807) is 53.8 Å². The SMILES string of the molecule is COc1cccc(/C=C(\NC(=O)c2ccccc2)C(=O)Nc2ccc(SC(C)C(=O)Nc3c(F)c(F)c(C(F)(F)F)c(F)c3F)cc2)c1OC. The third-order valence-corrected chi connectivity index (χ3v) is 7.96. The number of methoxy groups -OCH3 is 2. The fraction of sp³-hybridized carbons (Fsp3) is 0.147. The second-order valence-corrected chi connectivity index (χ2v) is 11.6. The van der Waals surface area contributed by atoms with Crippen molar-refractivity contribution in [3.05, 3.63) is 118 Å². The molecule has 8 nitrogen and oxygen atoms in total. The summed E-state index contributed by atoms with van der Waals surface area (Å²) in [6, 6.07) is 18.9.